The number of likely N-dealkylation sites (tertiary alicyclic amines) is 1. The number of hydrogen-bond acceptors (Lipinski definition) is 2. The molecule has 2 aliphatic heterocycles. The highest BCUT2D eigenvalue weighted by Gasteiger charge is 2.36. The lowest BCUT2D eigenvalue weighted by atomic mass is 9.80. The van der Waals surface area contributed by atoms with Gasteiger partial charge in [-0.05, 0) is 37.1 Å². The maximum Gasteiger partial charge on any atom is 0.239 e. The Morgan fingerprint density at radius 1 is 1.31 bits per heavy atom. The largest absolute Gasteiger partial charge is 0.341 e. The van der Waals surface area contributed by atoms with Crippen LogP contribution in [0.4, 0.5) is 0 Å². The second kappa shape index (κ2) is 4.36. The van der Waals surface area contributed by atoms with Gasteiger partial charge in [-0.2, -0.15) is 0 Å². The molecule has 3 heteroatoms. The van der Waals surface area contributed by atoms with E-state index >= 15 is 0 Å². The van der Waals surface area contributed by atoms with Crippen molar-refractivity contribution in [3.63, 3.8) is 0 Å². The molecular weight excluding hydrogens is 200 g/mol. The molecule has 2 atom stereocenters. The number of carbonyl (C=O) groups excluding carboxylic acids is 1. The Kier molecular flexibility index (Phi) is 3.24. The third kappa shape index (κ3) is 2.40. The molecule has 2 unspecified atom stereocenters. The van der Waals surface area contributed by atoms with Crippen LogP contribution in [-0.2, 0) is 4.79 Å². The van der Waals surface area contributed by atoms with Crippen LogP contribution in [0.5, 0.6) is 0 Å². The molecule has 1 N–H and O–H groups in total. The lowest BCUT2D eigenvalue weighted by Gasteiger charge is -2.27. The van der Waals surface area contributed by atoms with E-state index < -0.39 is 0 Å². The molecule has 0 radical (unpaired) electrons. The summed E-state index contributed by atoms with van der Waals surface area (Å²) in [6.45, 7) is 9.75. The van der Waals surface area contributed by atoms with E-state index in [-0.39, 0.29) is 6.04 Å². The Morgan fingerprint density at radius 2 is 2.06 bits per heavy atom. The van der Waals surface area contributed by atoms with Crippen molar-refractivity contribution in [1.82, 2.24) is 10.2 Å². The molecule has 2 heterocycles. The maximum absolute atomic E-state index is 12.2. The van der Waals surface area contributed by atoms with Gasteiger partial charge in [-0.1, -0.05) is 20.8 Å². The van der Waals surface area contributed by atoms with E-state index in [1.165, 1.54) is 6.42 Å². The molecule has 0 spiro atoms. The van der Waals surface area contributed by atoms with E-state index in [0.717, 1.165) is 32.5 Å². The molecule has 2 rings (SSSR count). The zero-order chi connectivity index (χ0) is 11.8. The molecular formula is C13H24N2O. The summed E-state index contributed by atoms with van der Waals surface area (Å²) in [6, 6.07) is 0.110. The summed E-state index contributed by atoms with van der Waals surface area (Å²) in [5, 5.41) is 3.30. The molecule has 0 aromatic carbocycles. The fourth-order valence-electron chi connectivity index (χ4n) is 2.78. The molecule has 0 bridgehead atoms. The molecule has 2 saturated heterocycles. The first-order valence-corrected chi connectivity index (χ1v) is 6.50. The molecule has 0 aliphatic carbocycles. The van der Waals surface area contributed by atoms with Gasteiger partial charge in [0, 0.05) is 13.1 Å². The second-order valence-electron chi connectivity index (χ2n) is 6.28. The van der Waals surface area contributed by atoms with Crippen LogP contribution < -0.4 is 5.32 Å². The monoisotopic (exact) mass is 224 g/mol. The molecule has 2 aliphatic rings. The topological polar surface area (TPSA) is 32.3 Å². The number of nitrogens with one attached hydrogen (secondary N) is 1. The standard InChI is InChI=1S/C13H24N2O/c1-13(2,3)10-6-8-15(9-10)12(16)11-5-4-7-14-11/h10-11,14H,4-9H2,1-3H3. The van der Waals surface area contributed by atoms with Crippen molar-refractivity contribution in [2.24, 2.45) is 11.3 Å². The zero-order valence-electron chi connectivity index (χ0n) is 10.8. The average molecular weight is 224 g/mol. The third-order valence-electron chi connectivity index (χ3n) is 4.08. The van der Waals surface area contributed by atoms with Gasteiger partial charge in [0.25, 0.3) is 0 Å². The van der Waals surface area contributed by atoms with Crippen molar-refractivity contribution < 1.29 is 4.79 Å². The Bertz CT molecular complexity index is 264. The van der Waals surface area contributed by atoms with Crippen molar-refractivity contribution in [2.45, 2.75) is 46.1 Å². The van der Waals surface area contributed by atoms with Gasteiger partial charge in [0.05, 0.1) is 6.04 Å². The van der Waals surface area contributed by atoms with Crippen LogP contribution in [-0.4, -0.2) is 36.5 Å². The van der Waals surface area contributed by atoms with Crippen LogP contribution >= 0.6 is 0 Å². The minimum absolute atomic E-state index is 0.110. The smallest absolute Gasteiger partial charge is 0.239 e. The Hall–Kier alpha value is -0.570. The highest BCUT2D eigenvalue weighted by molar-refractivity contribution is 5.82. The number of nitrogens with zero attached hydrogens (tertiary/aromatic N) is 1. The van der Waals surface area contributed by atoms with Crippen LogP contribution in [0.15, 0.2) is 0 Å². The Labute approximate surface area is 98.6 Å². The number of rotatable bonds is 1. The molecule has 92 valence electrons. The Balaban J connectivity index is 1.90. The van der Waals surface area contributed by atoms with E-state index in [1.807, 2.05) is 0 Å². The van der Waals surface area contributed by atoms with E-state index in [4.69, 9.17) is 0 Å². The minimum Gasteiger partial charge on any atom is -0.341 e. The summed E-state index contributed by atoms with van der Waals surface area (Å²) in [5.41, 5.74) is 0.331. The first kappa shape index (κ1) is 11.9. The van der Waals surface area contributed by atoms with Crippen LogP contribution in [0.2, 0.25) is 0 Å². The second-order valence-corrected chi connectivity index (χ2v) is 6.28. The van der Waals surface area contributed by atoms with E-state index in [2.05, 4.69) is 31.0 Å². The van der Waals surface area contributed by atoms with Crippen molar-refractivity contribution >= 4 is 5.91 Å². The van der Waals surface area contributed by atoms with E-state index in [0.29, 0.717) is 17.2 Å². The van der Waals surface area contributed by atoms with Crippen molar-refractivity contribution in [2.75, 3.05) is 19.6 Å². The molecule has 0 aromatic heterocycles. The average Bonchev–Trinajstić information content (AvgIpc) is 2.87. The molecule has 3 nitrogen and oxygen atoms in total. The number of hydrogen-bond donors (Lipinski definition) is 1. The summed E-state index contributed by atoms with van der Waals surface area (Å²) in [4.78, 5) is 14.3. The summed E-state index contributed by atoms with van der Waals surface area (Å²) < 4.78 is 0. The van der Waals surface area contributed by atoms with E-state index in [9.17, 15) is 4.79 Å². The van der Waals surface area contributed by atoms with Gasteiger partial charge in [-0.3, -0.25) is 4.79 Å². The van der Waals surface area contributed by atoms with Crippen molar-refractivity contribution in [1.29, 1.82) is 0 Å². The first-order valence-electron chi connectivity index (χ1n) is 6.50. The summed E-state index contributed by atoms with van der Waals surface area (Å²) >= 11 is 0. The Morgan fingerprint density at radius 3 is 2.56 bits per heavy atom. The van der Waals surface area contributed by atoms with Gasteiger partial charge in [0.15, 0.2) is 0 Å². The van der Waals surface area contributed by atoms with Gasteiger partial charge < -0.3 is 10.2 Å². The zero-order valence-corrected chi connectivity index (χ0v) is 10.8. The van der Waals surface area contributed by atoms with E-state index in [1.54, 1.807) is 0 Å². The van der Waals surface area contributed by atoms with Gasteiger partial charge in [-0.15, -0.1) is 0 Å². The summed E-state index contributed by atoms with van der Waals surface area (Å²) in [5.74, 6) is 1.00. The third-order valence-corrected chi connectivity index (χ3v) is 4.08. The predicted molar refractivity (Wildman–Crippen MR) is 65.2 cm³/mol. The molecule has 0 aromatic rings. The summed E-state index contributed by atoms with van der Waals surface area (Å²) in [6.07, 6.45) is 3.34. The lowest BCUT2D eigenvalue weighted by Crippen LogP contribution is -2.43. The maximum atomic E-state index is 12.2. The molecule has 0 saturated carbocycles. The number of carbonyl (C=O) groups is 1. The predicted octanol–water partition coefficient (Wildman–Crippen LogP) is 1.63. The van der Waals surface area contributed by atoms with Gasteiger partial charge >= 0.3 is 0 Å². The molecule has 2 fully saturated rings. The van der Waals surface area contributed by atoms with Gasteiger partial charge in [-0.25, -0.2) is 0 Å². The van der Waals surface area contributed by atoms with Crippen LogP contribution in [0, 0.1) is 11.3 Å². The summed E-state index contributed by atoms with van der Waals surface area (Å²) in [7, 11) is 0. The first-order chi connectivity index (χ1) is 7.48. The normalized spacial score (nSPS) is 31.1. The van der Waals surface area contributed by atoms with Crippen LogP contribution in [0.3, 0.4) is 0 Å². The molecule has 16 heavy (non-hydrogen) atoms. The highest BCUT2D eigenvalue weighted by atomic mass is 16.2. The van der Waals surface area contributed by atoms with Crippen molar-refractivity contribution in [3.8, 4) is 0 Å². The minimum atomic E-state index is 0.110. The fraction of sp³-hybridized carbons (Fsp3) is 0.923. The lowest BCUT2D eigenvalue weighted by molar-refractivity contribution is -0.132. The van der Waals surface area contributed by atoms with Gasteiger partial charge in [0.1, 0.15) is 0 Å². The highest BCUT2D eigenvalue weighted by Crippen LogP contribution is 2.33. The number of amides is 1. The van der Waals surface area contributed by atoms with Crippen LogP contribution in [0.25, 0.3) is 0 Å². The SMILES string of the molecule is CC(C)(C)C1CCN(C(=O)C2CCCN2)C1. The van der Waals surface area contributed by atoms with Crippen LogP contribution in [0.1, 0.15) is 40.0 Å². The van der Waals surface area contributed by atoms with Gasteiger partial charge in [0.2, 0.25) is 5.91 Å². The molecule has 1 amide bonds. The fourth-order valence-corrected chi connectivity index (χ4v) is 2.78. The van der Waals surface area contributed by atoms with Crippen molar-refractivity contribution in [3.05, 3.63) is 0 Å². The quantitative estimate of drug-likeness (QED) is 0.734.